The Morgan fingerprint density at radius 2 is 1.83 bits per heavy atom. The van der Waals surface area contributed by atoms with Crippen LogP contribution in [-0.2, 0) is 20.2 Å². The number of nitrogens with one attached hydrogen (secondary N) is 3. The topological polar surface area (TPSA) is 180 Å². The number of imide groups is 2. The summed E-state index contributed by atoms with van der Waals surface area (Å²) in [4.78, 5) is 73.6. The Morgan fingerprint density at radius 1 is 1.03 bits per heavy atom. The first kappa shape index (κ1) is 43.8. The van der Waals surface area contributed by atoms with Crippen molar-refractivity contribution in [2.75, 3.05) is 70.7 Å². The van der Waals surface area contributed by atoms with Gasteiger partial charge in [0.25, 0.3) is 23.6 Å². The van der Waals surface area contributed by atoms with Crippen molar-refractivity contribution in [3.8, 4) is 5.75 Å². The molecule has 0 spiro atoms. The van der Waals surface area contributed by atoms with E-state index in [-0.39, 0.29) is 41.8 Å². The molecule has 3 aliphatic heterocycles. The molecule has 8 rings (SSSR count). The highest BCUT2D eigenvalue weighted by Crippen LogP contribution is 2.36. The molecule has 0 bridgehead atoms. The van der Waals surface area contributed by atoms with Gasteiger partial charge in [-0.3, -0.25) is 43.8 Å². The summed E-state index contributed by atoms with van der Waals surface area (Å²) in [5.74, 6) is -4.94. The molecule has 63 heavy (non-hydrogen) atoms. The number of carbonyl (C=O) groups excluding carboxylic acids is 5. The number of ether oxygens (including phenoxy) is 2. The van der Waals surface area contributed by atoms with Gasteiger partial charge in [0.2, 0.25) is 11.8 Å². The Labute approximate surface area is 363 Å². The van der Waals surface area contributed by atoms with E-state index in [1.54, 1.807) is 30.3 Å². The van der Waals surface area contributed by atoms with Crippen LogP contribution in [-0.4, -0.2) is 131 Å². The summed E-state index contributed by atoms with van der Waals surface area (Å²) in [6.07, 6.45) is 7.19. The van der Waals surface area contributed by atoms with Crippen LogP contribution in [0.1, 0.15) is 94.8 Å². The summed E-state index contributed by atoms with van der Waals surface area (Å²) in [5, 5.41) is 14.0. The van der Waals surface area contributed by atoms with Crippen molar-refractivity contribution in [2.45, 2.75) is 76.0 Å². The fourth-order valence-corrected chi connectivity index (χ4v) is 9.20. The van der Waals surface area contributed by atoms with Crippen LogP contribution in [0.2, 0.25) is 0 Å². The van der Waals surface area contributed by atoms with Crippen molar-refractivity contribution in [1.82, 2.24) is 34.8 Å². The zero-order chi connectivity index (χ0) is 44.4. The molecule has 3 N–H and O–H groups in total. The smallest absolute Gasteiger partial charge is 0.287 e. The average molecular weight is 870 g/mol. The quantitative estimate of drug-likeness (QED) is 0.135. The fourth-order valence-electron chi connectivity index (χ4n) is 9.20. The number of amides is 5. The standard InChI is InChI=1S/C45H53F2N9O7/c1-45(46,47)38-10-5-9-33(49-38)41(58)50-35-21-28-25-55(52-34(28)22-37(35)62-3)29-13-11-27(12-14-29)24-53(2)17-6-18-54-19-20-63-30(26-54)23-48-32-8-4-7-31-40(32)44(61)56(43(31)60)36-15-16-39(57)51-42(36)59/h4-5,7-10,21-22,25,27,29-30,36,48H,6,11-20,23-24,26H2,1-3H3,(H,50,58)(H,51,57,59)/t27-,29-,30?,36?. The molecule has 2 aromatic carbocycles. The van der Waals surface area contributed by atoms with E-state index in [1.165, 1.54) is 25.3 Å². The Kier molecular flexibility index (Phi) is 12.8. The largest absolute Gasteiger partial charge is 0.494 e. The Morgan fingerprint density at radius 3 is 2.59 bits per heavy atom. The van der Waals surface area contributed by atoms with Crippen LogP contribution >= 0.6 is 0 Å². The molecule has 2 unspecified atom stereocenters. The van der Waals surface area contributed by atoms with E-state index < -0.39 is 47.2 Å². The van der Waals surface area contributed by atoms with Gasteiger partial charge >= 0.3 is 0 Å². The van der Waals surface area contributed by atoms with E-state index in [2.05, 4.69) is 37.8 Å². The van der Waals surface area contributed by atoms with Gasteiger partial charge in [0, 0.05) is 62.9 Å². The lowest BCUT2D eigenvalue weighted by molar-refractivity contribution is -0.136. The highest BCUT2D eigenvalue weighted by atomic mass is 19.3. The number of fused-ring (bicyclic) bond motifs is 2. The molecule has 18 heteroatoms. The normalized spacial score (nSPS) is 22.1. The van der Waals surface area contributed by atoms with Gasteiger partial charge in [-0.05, 0) is 94.9 Å². The van der Waals surface area contributed by atoms with Crippen LogP contribution < -0.4 is 20.7 Å². The number of hydrogen-bond donors (Lipinski definition) is 3. The fraction of sp³-hybridized carbons (Fsp3) is 0.489. The van der Waals surface area contributed by atoms with Crippen LogP contribution in [0, 0.1) is 5.92 Å². The lowest BCUT2D eigenvalue weighted by Gasteiger charge is -2.34. The maximum Gasteiger partial charge on any atom is 0.287 e. The summed E-state index contributed by atoms with van der Waals surface area (Å²) in [6, 6.07) is 11.8. The van der Waals surface area contributed by atoms with Gasteiger partial charge in [-0.1, -0.05) is 12.1 Å². The summed E-state index contributed by atoms with van der Waals surface area (Å²) < 4.78 is 41.3. The van der Waals surface area contributed by atoms with Crippen molar-refractivity contribution in [2.24, 2.45) is 5.92 Å². The number of hydrogen-bond acceptors (Lipinski definition) is 12. The summed E-state index contributed by atoms with van der Waals surface area (Å²) in [7, 11) is 3.68. The van der Waals surface area contributed by atoms with Crippen LogP contribution in [0.3, 0.4) is 0 Å². The minimum Gasteiger partial charge on any atom is -0.494 e. The van der Waals surface area contributed by atoms with Crippen molar-refractivity contribution < 1.29 is 42.2 Å². The molecule has 2 atom stereocenters. The predicted molar refractivity (Wildman–Crippen MR) is 229 cm³/mol. The minimum atomic E-state index is -3.17. The van der Waals surface area contributed by atoms with Crippen molar-refractivity contribution in [3.63, 3.8) is 0 Å². The molecular formula is C45H53F2N9O7. The highest BCUT2D eigenvalue weighted by Gasteiger charge is 2.45. The maximum atomic E-state index is 13.9. The lowest BCUT2D eigenvalue weighted by Crippen LogP contribution is -2.54. The van der Waals surface area contributed by atoms with Gasteiger partial charge in [0.05, 0.1) is 48.2 Å². The van der Waals surface area contributed by atoms with Crippen molar-refractivity contribution in [1.29, 1.82) is 0 Å². The monoisotopic (exact) mass is 869 g/mol. The number of pyridine rings is 1. The zero-order valence-corrected chi connectivity index (χ0v) is 35.7. The molecule has 2 saturated heterocycles. The van der Waals surface area contributed by atoms with E-state index in [4.69, 9.17) is 14.6 Å². The second kappa shape index (κ2) is 18.5. The molecule has 334 valence electrons. The van der Waals surface area contributed by atoms with E-state index in [0.717, 1.165) is 87.6 Å². The molecule has 5 amide bonds. The number of halogens is 2. The minimum absolute atomic E-state index is 0.0641. The predicted octanol–water partition coefficient (Wildman–Crippen LogP) is 5.07. The van der Waals surface area contributed by atoms with Gasteiger partial charge in [0.15, 0.2) is 0 Å². The number of anilines is 2. The molecule has 3 fully saturated rings. The third-order valence-electron chi connectivity index (χ3n) is 12.5. The Bertz CT molecular complexity index is 2400. The number of benzene rings is 2. The van der Waals surface area contributed by atoms with Crippen molar-refractivity contribution >= 4 is 51.8 Å². The van der Waals surface area contributed by atoms with Crippen LogP contribution in [0.4, 0.5) is 20.2 Å². The molecule has 1 saturated carbocycles. The van der Waals surface area contributed by atoms with Crippen LogP contribution in [0.15, 0.2) is 54.7 Å². The SMILES string of the molecule is COc1cc2nn([C@H]3CC[C@H](CN(C)CCCN4CCOC(CNc5cccc6c5C(=O)N(C5CCC(=O)NC5=O)C6=O)C4)CC3)cc2cc1NC(=O)c1cccc(C(C)(F)F)n1. The molecule has 16 nitrogen and oxygen atoms in total. The van der Waals surface area contributed by atoms with Crippen molar-refractivity contribution in [3.05, 3.63) is 77.2 Å². The third-order valence-corrected chi connectivity index (χ3v) is 12.5. The molecule has 0 radical (unpaired) electrons. The molecule has 4 aliphatic rings. The van der Waals surface area contributed by atoms with Crippen LogP contribution in [0.25, 0.3) is 10.9 Å². The van der Waals surface area contributed by atoms with Crippen LogP contribution in [0.5, 0.6) is 5.75 Å². The third kappa shape index (κ3) is 9.72. The van der Waals surface area contributed by atoms with E-state index in [9.17, 15) is 32.8 Å². The van der Waals surface area contributed by atoms with Gasteiger partial charge in [0.1, 0.15) is 23.2 Å². The lowest BCUT2D eigenvalue weighted by atomic mass is 9.86. The number of methoxy groups -OCH3 is 1. The first-order valence-electron chi connectivity index (χ1n) is 21.6. The summed E-state index contributed by atoms with van der Waals surface area (Å²) in [6.45, 7) is 6.24. The number of alkyl halides is 2. The van der Waals surface area contributed by atoms with E-state index in [0.29, 0.717) is 36.2 Å². The number of carbonyl (C=O) groups is 5. The first-order valence-corrected chi connectivity index (χ1v) is 21.6. The number of aromatic nitrogens is 3. The molecule has 1 aliphatic carbocycles. The highest BCUT2D eigenvalue weighted by molar-refractivity contribution is 6.25. The first-order chi connectivity index (χ1) is 30.2. The Balaban J connectivity index is 0.773. The molecule has 5 heterocycles. The maximum absolute atomic E-state index is 13.9. The van der Waals surface area contributed by atoms with Gasteiger partial charge in [-0.2, -0.15) is 13.9 Å². The average Bonchev–Trinajstić information content (AvgIpc) is 3.79. The number of morpholine rings is 1. The summed E-state index contributed by atoms with van der Waals surface area (Å²) in [5.41, 5.74) is 1.51. The molecular weight excluding hydrogens is 817 g/mol. The van der Waals surface area contributed by atoms with E-state index >= 15 is 0 Å². The van der Waals surface area contributed by atoms with Gasteiger partial charge < -0.3 is 25.0 Å². The van der Waals surface area contributed by atoms with Gasteiger partial charge in [-0.15, -0.1) is 0 Å². The second-order valence-corrected chi connectivity index (χ2v) is 17.1. The van der Waals surface area contributed by atoms with E-state index in [1.807, 2.05) is 10.9 Å². The number of nitrogens with zero attached hydrogens (tertiary/aromatic N) is 6. The summed E-state index contributed by atoms with van der Waals surface area (Å²) >= 11 is 0. The molecule has 2 aromatic heterocycles. The van der Waals surface area contributed by atoms with Gasteiger partial charge in [-0.25, -0.2) is 4.98 Å². The number of piperidine rings is 1. The second-order valence-electron chi connectivity index (χ2n) is 17.1. The molecule has 4 aromatic rings. The zero-order valence-electron chi connectivity index (χ0n) is 35.7. The Hall–Kier alpha value is -5.85. The number of rotatable bonds is 15.